The van der Waals surface area contributed by atoms with Crippen LogP contribution in [0.15, 0.2) is 24.4 Å². The summed E-state index contributed by atoms with van der Waals surface area (Å²) in [6.07, 6.45) is 1.95. The fourth-order valence-corrected chi connectivity index (χ4v) is 2.17. The number of fused-ring (bicyclic) bond motifs is 3. The lowest BCUT2D eigenvalue weighted by molar-refractivity contribution is 0.324. The SMILES string of the molecule is CC(C)c1cc2ccc3c(c2cn1)NCCO3. The zero-order chi connectivity index (χ0) is 11.8. The molecule has 3 heteroatoms. The molecule has 2 heterocycles. The molecule has 1 aliphatic heterocycles. The largest absolute Gasteiger partial charge is 0.490 e. The minimum Gasteiger partial charge on any atom is -0.490 e. The molecule has 0 saturated carbocycles. The number of rotatable bonds is 1. The highest BCUT2D eigenvalue weighted by atomic mass is 16.5. The third-order valence-corrected chi connectivity index (χ3v) is 3.14. The van der Waals surface area contributed by atoms with Crippen LogP contribution in [0.2, 0.25) is 0 Å². The smallest absolute Gasteiger partial charge is 0.143 e. The van der Waals surface area contributed by atoms with Crippen LogP contribution in [0.3, 0.4) is 0 Å². The molecule has 0 fully saturated rings. The van der Waals surface area contributed by atoms with Gasteiger partial charge in [0, 0.05) is 23.8 Å². The molecule has 0 aliphatic carbocycles. The van der Waals surface area contributed by atoms with E-state index in [1.807, 2.05) is 12.3 Å². The molecule has 0 unspecified atom stereocenters. The van der Waals surface area contributed by atoms with Gasteiger partial charge in [-0.25, -0.2) is 0 Å². The number of pyridine rings is 1. The molecule has 3 rings (SSSR count). The molecule has 17 heavy (non-hydrogen) atoms. The van der Waals surface area contributed by atoms with Gasteiger partial charge in [0.15, 0.2) is 0 Å². The highest BCUT2D eigenvalue weighted by Gasteiger charge is 2.13. The maximum Gasteiger partial charge on any atom is 0.143 e. The van der Waals surface area contributed by atoms with Crippen molar-refractivity contribution in [3.8, 4) is 5.75 Å². The summed E-state index contributed by atoms with van der Waals surface area (Å²) < 4.78 is 5.62. The van der Waals surface area contributed by atoms with E-state index in [2.05, 4.69) is 36.3 Å². The van der Waals surface area contributed by atoms with Crippen molar-refractivity contribution in [2.45, 2.75) is 19.8 Å². The monoisotopic (exact) mass is 228 g/mol. The Kier molecular flexibility index (Phi) is 2.39. The molecule has 0 atom stereocenters. The zero-order valence-corrected chi connectivity index (χ0v) is 10.2. The zero-order valence-electron chi connectivity index (χ0n) is 10.2. The molecule has 1 aliphatic rings. The Balaban J connectivity index is 2.20. The van der Waals surface area contributed by atoms with Gasteiger partial charge in [-0.3, -0.25) is 4.98 Å². The normalized spacial score (nSPS) is 14.3. The van der Waals surface area contributed by atoms with Crippen molar-refractivity contribution in [2.75, 3.05) is 18.5 Å². The van der Waals surface area contributed by atoms with Crippen LogP contribution >= 0.6 is 0 Å². The van der Waals surface area contributed by atoms with E-state index in [1.165, 1.54) is 5.39 Å². The molecule has 1 N–H and O–H groups in total. The van der Waals surface area contributed by atoms with Gasteiger partial charge in [0.05, 0.1) is 5.69 Å². The lowest BCUT2D eigenvalue weighted by atomic mass is 10.0. The van der Waals surface area contributed by atoms with Crippen LogP contribution in [0.4, 0.5) is 5.69 Å². The van der Waals surface area contributed by atoms with Crippen LogP contribution in [-0.4, -0.2) is 18.1 Å². The number of hydrogen-bond acceptors (Lipinski definition) is 3. The third-order valence-electron chi connectivity index (χ3n) is 3.14. The second-order valence-corrected chi connectivity index (χ2v) is 4.70. The number of benzene rings is 1. The number of nitrogens with zero attached hydrogens (tertiary/aromatic N) is 1. The fourth-order valence-electron chi connectivity index (χ4n) is 2.17. The predicted molar refractivity (Wildman–Crippen MR) is 69.8 cm³/mol. The number of anilines is 1. The first-order valence-electron chi connectivity index (χ1n) is 6.05. The number of nitrogens with one attached hydrogen (secondary N) is 1. The van der Waals surface area contributed by atoms with Crippen LogP contribution < -0.4 is 10.1 Å². The maximum atomic E-state index is 5.62. The van der Waals surface area contributed by atoms with Gasteiger partial charge >= 0.3 is 0 Å². The molecule has 0 bridgehead atoms. The summed E-state index contributed by atoms with van der Waals surface area (Å²) in [6.45, 7) is 5.91. The second kappa shape index (κ2) is 3.91. The number of hydrogen-bond donors (Lipinski definition) is 1. The van der Waals surface area contributed by atoms with E-state index >= 15 is 0 Å². The Morgan fingerprint density at radius 3 is 3.06 bits per heavy atom. The summed E-state index contributed by atoms with van der Waals surface area (Å²) in [5.41, 5.74) is 2.21. The van der Waals surface area contributed by atoms with Crippen LogP contribution in [-0.2, 0) is 0 Å². The molecule has 0 radical (unpaired) electrons. The third kappa shape index (κ3) is 1.71. The number of aromatic nitrogens is 1. The molecule has 2 aromatic rings. The summed E-state index contributed by atoms with van der Waals surface area (Å²) in [4.78, 5) is 4.52. The minimum atomic E-state index is 0.458. The van der Waals surface area contributed by atoms with E-state index in [9.17, 15) is 0 Å². The Morgan fingerprint density at radius 1 is 1.35 bits per heavy atom. The molecule has 0 saturated heterocycles. The van der Waals surface area contributed by atoms with Gasteiger partial charge in [0.2, 0.25) is 0 Å². The van der Waals surface area contributed by atoms with E-state index in [0.29, 0.717) is 5.92 Å². The molecule has 0 spiro atoms. The van der Waals surface area contributed by atoms with Crippen molar-refractivity contribution in [1.82, 2.24) is 4.98 Å². The predicted octanol–water partition coefficient (Wildman–Crippen LogP) is 3.16. The summed E-state index contributed by atoms with van der Waals surface area (Å²) in [6, 6.07) is 6.30. The first-order chi connectivity index (χ1) is 8.25. The highest BCUT2D eigenvalue weighted by molar-refractivity contribution is 5.96. The van der Waals surface area contributed by atoms with Crippen molar-refractivity contribution in [3.63, 3.8) is 0 Å². The topological polar surface area (TPSA) is 34.2 Å². The van der Waals surface area contributed by atoms with Crippen molar-refractivity contribution < 1.29 is 4.74 Å². The molecule has 1 aromatic heterocycles. The summed E-state index contributed by atoms with van der Waals surface area (Å²) in [5.74, 6) is 1.39. The van der Waals surface area contributed by atoms with Crippen molar-refractivity contribution >= 4 is 16.5 Å². The molecule has 88 valence electrons. The van der Waals surface area contributed by atoms with E-state index in [0.717, 1.165) is 35.7 Å². The first kappa shape index (κ1) is 10.4. The molecule has 1 aromatic carbocycles. The Morgan fingerprint density at radius 2 is 2.24 bits per heavy atom. The summed E-state index contributed by atoms with van der Waals surface area (Å²) in [7, 11) is 0. The fraction of sp³-hybridized carbons (Fsp3) is 0.357. The molecule has 0 amide bonds. The molecule has 3 nitrogen and oxygen atoms in total. The lowest BCUT2D eigenvalue weighted by Gasteiger charge is -2.21. The van der Waals surface area contributed by atoms with Crippen LogP contribution in [0.1, 0.15) is 25.5 Å². The van der Waals surface area contributed by atoms with Gasteiger partial charge in [-0.15, -0.1) is 0 Å². The Bertz CT molecular complexity index is 563. The average Bonchev–Trinajstić information content (AvgIpc) is 2.38. The summed E-state index contributed by atoms with van der Waals surface area (Å²) in [5, 5.41) is 5.76. The van der Waals surface area contributed by atoms with Crippen LogP contribution in [0.5, 0.6) is 5.75 Å². The first-order valence-corrected chi connectivity index (χ1v) is 6.05. The van der Waals surface area contributed by atoms with E-state index in [-0.39, 0.29) is 0 Å². The Labute approximate surface area is 101 Å². The van der Waals surface area contributed by atoms with Gasteiger partial charge < -0.3 is 10.1 Å². The van der Waals surface area contributed by atoms with E-state index < -0.39 is 0 Å². The lowest BCUT2D eigenvalue weighted by Crippen LogP contribution is -2.18. The van der Waals surface area contributed by atoms with Gasteiger partial charge in [0.1, 0.15) is 12.4 Å². The van der Waals surface area contributed by atoms with Crippen molar-refractivity contribution in [3.05, 3.63) is 30.1 Å². The van der Waals surface area contributed by atoms with E-state index in [4.69, 9.17) is 4.74 Å². The van der Waals surface area contributed by atoms with Gasteiger partial charge in [-0.2, -0.15) is 0 Å². The van der Waals surface area contributed by atoms with Gasteiger partial charge in [-0.1, -0.05) is 19.9 Å². The second-order valence-electron chi connectivity index (χ2n) is 4.70. The Hall–Kier alpha value is -1.77. The van der Waals surface area contributed by atoms with Crippen molar-refractivity contribution in [2.24, 2.45) is 0 Å². The van der Waals surface area contributed by atoms with Crippen molar-refractivity contribution in [1.29, 1.82) is 0 Å². The van der Waals surface area contributed by atoms with Crippen LogP contribution in [0.25, 0.3) is 10.8 Å². The summed E-state index contributed by atoms with van der Waals surface area (Å²) >= 11 is 0. The standard InChI is InChI=1S/C14H16N2O/c1-9(2)12-7-10-3-4-13-14(11(10)8-16-12)15-5-6-17-13/h3-4,7-9,15H,5-6H2,1-2H3. The highest BCUT2D eigenvalue weighted by Crippen LogP contribution is 2.35. The number of ether oxygens (including phenoxy) is 1. The van der Waals surface area contributed by atoms with Gasteiger partial charge in [0.25, 0.3) is 0 Å². The quantitative estimate of drug-likeness (QED) is 0.814. The van der Waals surface area contributed by atoms with Crippen LogP contribution in [0, 0.1) is 0 Å². The molecular weight excluding hydrogens is 212 g/mol. The minimum absolute atomic E-state index is 0.458. The molecular formula is C14H16N2O. The maximum absolute atomic E-state index is 5.62. The average molecular weight is 228 g/mol. The van der Waals surface area contributed by atoms with E-state index in [1.54, 1.807) is 0 Å². The van der Waals surface area contributed by atoms with Gasteiger partial charge in [-0.05, 0) is 23.4 Å².